The molecule has 0 amide bonds. The second kappa shape index (κ2) is 11.3. The van der Waals surface area contributed by atoms with Gasteiger partial charge in [-0.25, -0.2) is 9.97 Å². The zero-order valence-corrected chi connectivity index (χ0v) is 31.5. The highest BCUT2D eigenvalue weighted by Crippen LogP contribution is 2.62. The molecule has 8 aromatic carbocycles. The lowest BCUT2D eigenvalue weighted by Gasteiger charge is -2.39. The Labute approximate surface area is 330 Å². The summed E-state index contributed by atoms with van der Waals surface area (Å²) in [6.07, 6.45) is 0. The minimum atomic E-state index is -0.448. The van der Waals surface area contributed by atoms with Gasteiger partial charge < -0.3 is 0 Å². The summed E-state index contributed by atoms with van der Waals surface area (Å²) in [5.41, 5.74) is 12.8. The molecule has 260 valence electrons. The van der Waals surface area contributed by atoms with E-state index in [0.717, 1.165) is 37.9 Å². The molecule has 0 saturated heterocycles. The molecular formula is C51H29N3S2. The number of rotatable bonds is 2. The summed E-state index contributed by atoms with van der Waals surface area (Å²) in [7, 11) is 0. The monoisotopic (exact) mass is 747 g/mol. The van der Waals surface area contributed by atoms with Crippen LogP contribution in [0.25, 0.3) is 81.2 Å². The molecule has 3 aromatic heterocycles. The molecule has 0 N–H and O–H groups in total. The molecule has 56 heavy (non-hydrogen) atoms. The van der Waals surface area contributed by atoms with Crippen LogP contribution in [0.1, 0.15) is 22.3 Å². The summed E-state index contributed by atoms with van der Waals surface area (Å²) in [5, 5.41) is 5.96. The van der Waals surface area contributed by atoms with E-state index in [1.165, 1.54) is 69.4 Å². The topological polar surface area (TPSA) is 30.7 Å². The largest absolute Gasteiger partial charge is 0.278 e. The Morgan fingerprint density at radius 1 is 0.464 bits per heavy atom. The summed E-state index contributed by atoms with van der Waals surface area (Å²) >= 11 is 3.65. The van der Waals surface area contributed by atoms with E-state index in [9.17, 15) is 0 Å². The van der Waals surface area contributed by atoms with Crippen molar-refractivity contribution in [1.29, 1.82) is 0 Å². The van der Waals surface area contributed by atoms with E-state index in [1.54, 1.807) is 11.3 Å². The maximum absolute atomic E-state index is 5.55. The second-order valence-corrected chi connectivity index (χ2v) is 17.0. The molecular weight excluding hydrogens is 719 g/mol. The fourth-order valence-electron chi connectivity index (χ4n) is 9.74. The van der Waals surface area contributed by atoms with Gasteiger partial charge in [0.1, 0.15) is 0 Å². The van der Waals surface area contributed by atoms with Crippen LogP contribution in [0, 0.1) is 0 Å². The third-order valence-electron chi connectivity index (χ3n) is 12.1. The fourth-order valence-corrected chi connectivity index (χ4v) is 12.1. The van der Waals surface area contributed by atoms with Crippen LogP contribution in [0.2, 0.25) is 0 Å². The zero-order valence-electron chi connectivity index (χ0n) is 29.9. The van der Waals surface area contributed by atoms with Crippen molar-refractivity contribution in [2.75, 3.05) is 0 Å². The minimum Gasteiger partial charge on any atom is -0.278 e. The Morgan fingerprint density at radius 3 is 1.98 bits per heavy atom. The summed E-state index contributed by atoms with van der Waals surface area (Å²) < 4.78 is 4.63. The van der Waals surface area contributed by atoms with Gasteiger partial charge in [-0.05, 0) is 80.6 Å². The van der Waals surface area contributed by atoms with Crippen LogP contribution in [0.15, 0.2) is 186 Å². The van der Waals surface area contributed by atoms with Crippen LogP contribution in [-0.4, -0.2) is 14.5 Å². The highest BCUT2D eigenvalue weighted by atomic mass is 32.2. The van der Waals surface area contributed by atoms with Gasteiger partial charge >= 0.3 is 0 Å². The standard InChI is InChI=1S/C51H29N3S2/c1-2-14-31-27-32(26-25-30(31)13-1)47-49-48(36-18-6-11-23-44(36)56-49)53-50(52-47)54-42-22-10-5-17-35(42)37-28-41-46(29-43(37)54)55-45-24-12-9-21-40(45)51(41)38-19-7-3-15-33(38)34-16-4-8-20-39(34)51/h1-29H. The second-order valence-electron chi connectivity index (χ2n) is 14.9. The van der Waals surface area contributed by atoms with Gasteiger partial charge in [-0.15, -0.1) is 11.3 Å². The van der Waals surface area contributed by atoms with Crippen LogP contribution in [-0.2, 0) is 5.41 Å². The first-order chi connectivity index (χ1) is 27.8. The lowest BCUT2D eigenvalue weighted by molar-refractivity contribution is 0.724. The van der Waals surface area contributed by atoms with Gasteiger partial charge in [0, 0.05) is 36.2 Å². The first-order valence-corrected chi connectivity index (χ1v) is 20.6. The number of nitrogens with zero attached hydrogens (tertiary/aromatic N) is 3. The van der Waals surface area contributed by atoms with Crippen LogP contribution in [0.4, 0.5) is 0 Å². The van der Waals surface area contributed by atoms with Crippen molar-refractivity contribution in [3.8, 4) is 28.3 Å². The van der Waals surface area contributed by atoms with Gasteiger partial charge in [0.05, 0.1) is 32.4 Å². The molecule has 0 fully saturated rings. The van der Waals surface area contributed by atoms with Gasteiger partial charge in [-0.3, -0.25) is 4.57 Å². The van der Waals surface area contributed by atoms with E-state index in [4.69, 9.17) is 9.97 Å². The zero-order chi connectivity index (χ0) is 36.5. The van der Waals surface area contributed by atoms with Crippen LogP contribution in [0.3, 0.4) is 0 Å². The van der Waals surface area contributed by atoms with Crippen LogP contribution >= 0.6 is 23.1 Å². The molecule has 0 atom stereocenters. The maximum Gasteiger partial charge on any atom is 0.235 e. The normalized spacial score (nSPS) is 13.8. The molecule has 5 heteroatoms. The van der Waals surface area contributed by atoms with Crippen molar-refractivity contribution in [2.45, 2.75) is 15.2 Å². The van der Waals surface area contributed by atoms with Crippen molar-refractivity contribution in [2.24, 2.45) is 0 Å². The Morgan fingerprint density at radius 2 is 1.14 bits per heavy atom. The lowest BCUT2D eigenvalue weighted by Crippen LogP contribution is -2.32. The number of hydrogen-bond acceptors (Lipinski definition) is 4. The molecule has 0 bridgehead atoms. The predicted molar refractivity (Wildman–Crippen MR) is 234 cm³/mol. The van der Waals surface area contributed by atoms with Gasteiger partial charge in [-0.1, -0.05) is 151 Å². The van der Waals surface area contributed by atoms with Crippen molar-refractivity contribution in [3.63, 3.8) is 0 Å². The Hall–Kier alpha value is -6.53. The predicted octanol–water partition coefficient (Wildman–Crippen LogP) is 13.6. The molecule has 1 spiro atoms. The van der Waals surface area contributed by atoms with E-state index in [2.05, 4.69) is 180 Å². The molecule has 0 radical (unpaired) electrons. The van der Waals surface area contributed by atoms with E-state index in [-0.39, 0.29) is 0 Å². The smallest absolute Gasteiger partial charge is 0.235 e. The van der Waals surface area contributed by atoms with Crippen molar-refractivity contribution < 1.29 is 0 Å². The number of benzene rings is 8. The molecule has 1 aliphatic heterocycles. The molecule has 4 heterocycles. The Balaban J connectivity index is 1.14. The van der Waals surface area contributed by atoms with Gasteiger partial charge in [0.2, 0.25) is 5.95 Å². The van der Waals surface area contributed by atoms with Gasteiger partial charge in [0.15, 0.2) is 0 Å². The molecule has 3 nitrogen and oxygen atoms in total. The number of para-hydroxylation sites is 1. The highest BCUT2D eigenvalue weighted by molar-refractivity contribution is 7.99. The van der Waals surface area contributed by atoms with E-state index < -0.39 is 5.41 Å². The van der Waals surface area contributed by atoms with E-state index in [1.807, 2.05) is 11.8 Å². The van der Waals surface area contributed by atoms with Crippen molar-refractivity contribution in [3.05, 3.63) is 198 Å². The van der Waals surface area contributed by atoms with Gasteiger partial charge in [0.25, 0.3) is 0 Å². The summed E-state index contributed by atoms with van der Waals surface area (Å²) in [5.74, 6) is 0.683. The molecule has 11 aromatic rings. The Bertz CT molecular complexity index is 3440. The molecule has 1 aliphatic carbocycles. The fraction of sp³-hybridized carbons (Fsp3) is 0.0196. The maximum atomic E-state index is 5.55. The van der Waals surface area contributed by atoms with Gasteiger partial charge in [-0.2, -0.15) is 0 Å². The van der Waals surface area contributed by atoms with E-state index in [0.29, 0.717) is 5.95 Å². The summed E-state index contributed by atoms with van der Waals surface area (Å²) in [4.78, 5) is 13.6. The average molecular weight is 748 g/mol. The number of aromatic nitrogens is 3. The summed E-state index contributed by atoms with van der Waals surface area (Å²) in [6.45, 7) is 0. The number of hydrogen-bond donors (Lipinski definition) is 0. The first-order valence-electron chi connectivity index (χ1n) is 19.0. The first kappa shape index (κ1) is 30.8. The average Bonchev–Trinajstić information content (AvgIpc) is 3.89. The third-order valence-corrected chi connectivity index (χ3v) is 14.4. The lowest BCUT2D eigenvalue weighted by atomic mass is 9.67. The number of thiophene rings is 1. The number of fused-ring (bicyclic) bond motifs is 16. The molecule has 0 saturated carbocycles. The quantitative estimate of drug-likeness (QED) is 0.176. The minimum absolute atomic E-state index is 0.448. The molecule has 0 unspecified atom stereocenters. The summed E-state index contributed by atoms with van der Waals surface area (Å²) in [6, 6.07) is 64.6. The SMILES string of the molecule is c1ccc2c(c1)Sc1cc3c(cc1C21c2ccccc2-c2ccccc21)c1ccccc1n3-c1nc(-c2ccc3ccccc3c2)c2sc3ccccc3c2n1. The van der Waals surface area contributed by atoms with Crippen LogP contribution < -0.4 is 0 Å². The Kier molecular flexibility index (Phi) is 6.19. The highest BCUT2D eigenvalue weighted by Gasteiger charge is 2.50. The van der Waals surface area contributed by atoms with E-state index >= 15 is 0 Å². The van der Waals surface area contributed by atoms with Crippen LogP contribution in [0.5, 0.6) is 0 Å². The van der Waals surface area contributed by atoms with Crippen molar-refractivity contribution in [1.82, 2.24) is 14.5 Å². The van der Waals surface area contributed by atoms with Crippen molar-refractivity contribution >= 4 is 76.0 Å². The molecule has 2 aliphatic rings. The molecule has 13 rings (SSSR count). The third kappa shape index (κ3) is 3.98.